The number of hydrogen-bond donors (Lipinski definition) is 0. The third-order valence-corrected chi connectivity index (χ3v) is 5.19. The summed E-state index contributed by atoms with van der Waals surface area (Å²) in [6, 6.07) is 11.0. The molecule has 3 aliphatic carbocycles. The Morgan fingerprint density at radius 1 is 0.708 bits per heavy atom. The summed E-state index contributed by atoms with van der Waals surface area (Å²) in [5.74, 6) is 3.51. The first-order valence-electron chi connectivity index (χ1n) is 8.05. The number of fused-ring (bicyclic) bond motifs is 3. The first-order valence-corrected chi connectivity index (χ1v) is 14.4. The molecule has 0 nitrogen and oxygen atoms in total. The molecule has 3 heteroatoms. The van der Waals surface area contributed by atoms with Gasteiger partial charge in [0, 0.05) is 0 Å². The zero-order valence-electron chi connectivity index (χ0n) is 13.9. The number of halogens is 2. The standard InChI is InChI=1S/C20H20.CH3.2ClH.Zr/c1-2-8-15(9-3-1)14-20-18-12-6-4-10-16(18)17-11-5-7-13-19(17)20;;;;/h1-13,16-20H,14H2;1H3;2*1H;/q;-1;;;+2/p-2. The Morgan fingerprint density at radius 2 is 1.12 bits per heavy atom. The van der Waals surface area contributed by atoms with Crippen molar-refractivity contribution in [2.45, 2.75) is 6.42 Å². The summed E-state index contributed by atoms with van der Waals surface area (Å²) in [4.78, 5) is 0. The molecule has 0 saturated heterocycles. The summed E-state index contributed by atoms with van der Waals surface area (Å²) < 4.78 is 0. The molecule has 4 rings (SSSR count). The van der Waals surface area contributed by atoms with E-state index in [-0.39, 0.29) is 7.43 Å². The average Bonchev–Trinajstić information content (AvgIpc) is 2.91. The first-order chi connectivity index (χ1) is 11.3. The van der Waals surface area contributed by atoms with Crippen LogP contribution in [0.15, 0.2) is 78.9 Å². The van der Waals surface area contributed by atoms with Crippen LogP contribution in [0.2, 0.25) is 0 Å². The zero-order valence-corrected chi connectivity index (χ0v) is 17.8. The SMILES string of the molecule is C1=CC2C3C=CC=CC3C(Cc3ccccc3)C2C=C1.[CH3-].[Cl][Zr][Cl]. The Hall–Kier alpha value is -0.357. The molecule has 0 aliphatic heterocycles. The van der Waals surface area contributed by atoms with Gasteiger partial charge >= 0.3 is 37.9 Å². The van der Waals surface area contributed by atoms with Gasteiger partial charge in [-0.25, -0.2) is 0 Å². The topological polar surface area (TPSA) is 0 Å². The third-order valence-electron chi connectivity index (χ3n) is 5.19. The molecule has 1 aromatic rings. The van der Waals surface area contributed by atoms with Gasteiger partial charge in [0.25, 0.3) is 0 Å². The Bertz CT molecular complexity index is 584. The average molecular weight is 438 g/mol. The summed E-state index contributed by atoms with van der Waals surface area (Å²) >= 11 is -0.826. The zero-order chi connectivity index (χ0) is 16.1. The molecular weight excluding hydrogens is 414 g/mol. The predicted octanol–water partition coefficient (Wildman–Crippen LogP) is 6.40. The molecule has 1 fully saturated rings. The van der Waals surface area contributed by atoms with Crippen molar-refractivity contribution in [2.24, 2.45) is 29.6 Å². The van der Waals surface area contributed by atoms with E-state index >= 15 is 0 Å². The van der Waals surface area contributed by atoms with Crippen molar-refractivity contribution >= 4 is 17.0 Å². The van der Waals surface area contributed by atoms with Crippen molar-refractivity contribution in [1.82, 2.24) is 0 Å². The van der Waals surface area contributed by atoms with Crippen LogP contribution in [-0.2, 0) is 27.3 Å². The molecule has 0 amide bonds. The molecule has 24 heavy (non-hydrogen) atoms. The van der Waals surface area contributed by atoms with Gasteiger partial charge in [0.1, 0.15) is 0 Å². The quantitative estimate of drug-likeness (QED) is 0.470. The van der Waals surface area contributed by atoms with Crippen molar-refractivity contribution in [3.8, 4) is 0 Å². The minimum atomic E-state index is -0.826. The molecule has 126 valence electrons. The van der Waals surface area contributed by atoms with Crippen LogP contribution < -0.4 is 0 Å². The summed E-state index contributed by atoms with van der Waals surface area (Å²) in [6.45, 7) is 0. The Morgan fingerprint density at radius 3 is 1.58 bits per heavy atom. The van der Waals surface area contributed by atoms with Crippen LogP contribution in [-0.4, -0.2) is 0 Å². The monoisotopic (exact) mass is 435 g/mol. The predicted molar refractivity (Wildman–Crippen MR) is 102 cm³/mol. The molecule has 0 bridgehead atoms. The van der Waals surface area contributed by atoms with Gasteiger partial charge in [-0.15, -0.1) is 0 Å². The van der Waals surface area contributed by atoms with E-state index in [4.69, 9.17) is 17.0 Å². The molecule has 0 aromatic heterocycles. The van der Waals surface area contributed by atoms with Crippen LogP contribution in [0, 0.1) is 37.0 Å². The fourth-order valence-corrected chi connectivity index (χ4v) is 4.32. The van der Waals surface area contributed by atoms with Crippen molar-refractivity contribution in [3.63, 3.8) is 0 Å². The van der Waals surface area contributed by atoms with Crippen LogP contribution in [0.1, 0.15) is 5.56 Å². The second-order valence-electron chi connectivity index (χ2n) is 6.27. The molecule has 0 heterocycles. The second-order valence-corrected chi connectivity index (χ2v) is 10.0. The third kappa shape index (κ3) is 4.43. The molecule has 0 spiro atoms. The van der Waals surface area contributed by atoms with Crippen LogP contribution in [0.5, 0.6) is 0 Å². The second kappa shape index (κ2) is 9.95. The van der Waals surface area contributed by atoms with Gasteiger partial charge in [0.05, 0.1) is 0 Å². The molecule has 4 unspecified atom stereocenters. The number of benzene rings is 1. The fourth-order valence-electron chi connectivity index (χ4n) is 4.32. The van der Waals surface area contributed by atoms with E-state index in [1.807, 2.05) is 0 Å². The number of allylic oxidation sites excluding steroid dienone is 8. The molecule has 1 aromatic carbocycles. The molecule has 4 atom stereocenters. The van der Waals surface area contributed by atoms with E-state index in [1.54, 1.807) is 0 Å². The van der Waals surface area contributed by atoms with Crippen LogP contribution in [0.3, 0.4) is 0 Å². The first kappa shape index (κ1) is 20.0. The Kier molecular flexibility index (Phi) is 8.28. The van der Waals surface area contributed by atoms with Gasteiger partial charge in [0.15, 0.2) is 0 Å². The molecule has 0 N–H and O–H groups in total. The normalized spacial score (nSPS) is 31.3. The van der Waals surface area contributed by atoms with Crippen molar-refractivity contribution in [1.29, 1.82) is 0 Å². The van der Waals surface area contributed by atoms with E-state index in [0.29, 0.717) is 23.7 Å². The summed E-state index contributed by atoms with van der Waals surface area (Å²) in [5.41, 5.74) is 1.47. The minimum absolute atomic E-state index is 0. The maximum absolute atomic E-state index is 4.93. The number of rotatable bonds is 2. The molecule has 1 saturated carbocycles. The number of hydrogen-bond acceptors (Lipinski definition) is 0. The molecule has 0 radical (unpaired) electrons. The van der Waals surface area contributed by atoms with Crippen molar-refractivity contribution in [3.05, 3.63) is 91.9 Å². The van der Waals surface area contributed by atoms with Gasteiger partial charge < -0.3 is 7.43 Å². The Balaban J connectivity index is 0.000000487. The summed E-state index contributed by atoms with van der Waals surface area (Å²) in [6.07, 6.45) is 19.9. The van der Waals surface area contributed by atoms with Crippen molar-refractivity contribution < 1.29 is 20.8 Å². The van der Waals surface area contributed by atoms with Crippen molar-refractivity contribution in [2.75, 3.05) is 0 Å². The van der Waals surface area contributed by atoms with E-state index in [9.17, 15) is 0 Å². The van der Waals surface area contributed by atoms with E-state index < -0.39 is 20.8 Å². The molecular formula is C21H23Cl2Zr-. The Labute approximate surface area is 165 Å². The van der Waals surface area contributed by atoms with Gasteiger partial charge in [-0.1, -0.05) is 78.9 Å². The maximum atomic E-state index is 4.93. The van der Waals surface area contributed by atoms with Gasteiger partial charge in [0.2, 0.25) is 0 Å². The summed E-state index contributed by atoms with van der Waals surface area (Å²) in [5, 5.41) is 0. The summed E-state index contributed by atoms with van der Waals surface area (Å²) in [7, 11) is 9.87. The van der Waals surface area contributed by atoms with Crippen LogP contribution in [0.25, 0.3) is 0 Å². The van der Waals surface area contributed by atoms with E-state index in [1.165, 1.54) is 12.0 Å². The van der Waals surface area contributed by atoms with E-state index in [0.717, 1.165) is 5.92 Å². The molecule has 3 aliphatic rings. The van der Waals surface area contributed by atoms with Crippen LogP contribution in [0.4, 0.5) is 0 Å². The van der Waals surface area contributed by atoms with Gasteiger partial charge in [-0.05, 0) is 41.6 Å². The van der Waals surface area contributed by atoms with E-state index in [2.05, 4.69) is 78.9 Å². The fraction of sp³-hybridized carbons (Fsp3) is 0.286. The van der Waals surface area contributed by atoms with Crippen LogP contribution >= 0.6 is 17.0 Å². The van der Waals surface area contributed by atoms with Gasteiger partial charge in [-0.2, -0.15) is 0 Å². The van der Waals surface area contributed by atoms with Gasteiger partial charge in [-0.3, -0.25) is 0 Å².